The van der Waals surface area contributed by atoms with Crippen LogP contribution in [0, 0.1) is 0 Å². The van der Waals surface area contributed by atoms with Crippen LogP contribution in [0.15, 0.2) is 48.5 Å². The maximum absolute atomic E-state index is 5.82. The van der Waals surface area contributed by atoms with E-state index < -0.39 is 0 Å². The molecule has 17 heavy (non-hydrogen) atoms. The molecule has 0 saturated heterocycles. The highest BCUT2D eigenvalue weighted by molar-refractivity contribution is 6.30. The van der Waals surface area contributed by atoms with Gasteiger partial charge in [0.25, 0.3) is 0 Å². The molecular weight excluding hydrogens is 234 g/mol. The molecule has 0 amide bonds. The molecule has 0 aliphatic heterocycles. The lowest BCUT2D eigenvalue weighted by molar-refractivity contribution is 0.303. The molecule has 3 heteroatoms. The van der Waals surface area contributed by atoms with Crippen LogP contribution in [-0.4, -0.2) is 0 Å². The van der Waals surface area contributed by atoms with Crippen molar-refractivity contribution < 1.29 is 4.74 Å². The standard InChI is InChI=1S/C14H14ClNO/c15-13-7-5-11(6-8-13)10-17-14-4-2-1-3-12(14)9-16/h1-8H,9-10,16H2. The third-order valence-electron chi connectivity index (χ3n) is 2.50. The molecule has 0 heterocycles. The monoisotopic (exact) mass is 247 g/mol. The second-order valence-electron chi connectivity index (χ2n) is 3.73. The fourth-order valence-electron chi connectivity index (χ4n) is 1.55. The van der Waals surface area contributed by atoms with Crippen LogP contribution in [0.1, 0.15) is 11.1 Å². The highest BCUT2D eigenvalue weighted by atomic mass is 35.5. The predicted molar refractivity (Wildman–Crippen MR) is 70.1 cm³/mol. The van der Waals surface area contributed by atoms with Crippen LogP contribution in [0.5, 0.6) is 5.75 Å². The van der Waals surface area contributed by atoms with Gasteiger partial charge in [0.1, 0.15) is 12.4 Å². The van der Waals surface area contributed by atoms with Crippen LogP contribution in [-0.2, 0) is 13.2 Å². The lowest BCUT2D eigenvalue weighted by Gasteiger charge is -2.10. The number of para-hydroxylation sites is 1. The lowest BCUT2D eigenvalue weighted by atomic mass is 10.2. The van der Waals surface area contributed by atoms with Gasteiger partial charge >= 0.3 is 0 Å². The van der Waals surface area contributed by atoms with Crippen molar-refractivity contribution in [3.05, 3.63) is 64.7 Å². The topological polar surface area (TPSA) is 35.2 Å². The molecule has 0 aliphatic rings. The highest BCUT2D eigenvalue weighted by Gasteiger charge is 2.01. The molecule has 88 valence electrons. The summed E-state index contributed by atoms with van der Waals surface area (Å²) in [7, 11) is 0. The third-order valence-corrected chi connectivity index (χ3v) is 2.75. The SMILES string of the molecule is NCc1ccccc1OCc1ccc(Cl)cc1. The Morgan fingerprint density at radius 2 is 1.71 bits per heavy atom. The van der Waals surface area contributed by atoms with Gasteiger partial charge < -0.3 is 10.5 Å². The third kappa shape index (κ3) is 3.22. The van der Waals surface area contributed by atoms with Crippen LogP contribution >= 0.6 is 11.6 Å². The number of halogens is 1. The smallest absolute Gasteiger partial charge is 0.124 e. The maximum Gasteiger partial charge on any atom is 0.124 e. The largest absolute Gasteiger partial charge is 0.489 e. The first-order chi connectivity index (χ1) is 8.29. The summed E-state index contributed by atoms with van der Waals surface area (Å²) >= 11 is 5.82. The van der Waals surface area contributed by atoms with Crippen molar-refractivity contribution >= 4 is 11.6 Å². The Kier molecular flexibility index (Phi) is 4.02. The van der Waals surface area contributed by atoms with Crippen molar-refractivity contribution in [3.63, 3.8) is 0 Å². The number of benzene rings is 2. The average Bonchev–Trinajstić information content (AvgIpc) is 2.38. The van der Waals surface area contributed by atoms with Crippen LogP contribution in [0.25, 0.3) is 0 Å². The van der Waals surface area contributed by atoms with Gasteiger partial charge in [-0.3, -0.25) is 0 Å². The second-order valence-corrected chi connectivity index (χ2v) is 4.16. The van der Waals surface area contributed by atoms with E-state index in [2.05, 4.69) is 0 Å². The summed E-state index contributed by atoms with van der Waals surface area (Å²) in [5.41, 5.74) is 7.74. The zero-order valence-corrected chi connectivity index (χ0v) is 10.2. The van der Waals surface area contributed by atoms with Gasteiger partial charge in [-0.05, 0) is 23.8 Å². The maximum atomic E-state index is 5.82. The molecular formula is C14H14ClNO. The average molecular weight is 248 g/mol. The van der Waals surface area contributed by atoms with Crippen molar-refractivity contribution in [2.24, 2.45) is 5.73 Å². The summed E-state index contributed by atoms with van der Waals surface area (Å²) < 4.78 is 5.73. The van der Waals surface area contributed by atoms with Crippen LogP contribution in [0.2, 0.25) is 5.02 Å². The number of hydrogen-bond acceptors (Lipinski definition) is 2. The second kappa shape index (κ2) is 5.71. The fraction of sp³-hybridized carbons (Fsp3) is 0.143. The van der Waals surface area contributed by atoms with Gasteiger partial charge in [0.15, 0.2) is 0 Å². The molecule has 0 radical (unpaired) electrons. The zero-order valence-electron chi connectivity index (χ0n) is 9.40. The zero-order chi connectivity index (χ0) is 12.1. The molecule has 0 aliphatic carbocycles. The fourth-order valence-corrected chi connectivity index (χ4v) is 1.68. The summed E-state index contributed by atoms with van der Waals surface area (Å²) in [6.45, 7) is 1.00. The minimum Gasteiger partial charge on any atom is -0.489 e. The first-order valence-electron chi connectivity index (χ1n) is 5.45. The van der Waals surface area contributed by atoms with Gasteiger partial charge in [-0.25, -0.2) is 0 Å². The molecule has 0 spiro atoms. The number of hydrogen-bond donors (Lipinski definition) is 1. The Balaban J connectivity index is 2.04. The van der Waals surface area contributed by atoms with Crippen molar-refractivity contribution in [3.8, 4) is 5.75 Å². The van der Waals surface area contributed by atoms with Gasteiger partial charge in [0.05, 0.1) is 0 Å². The molecule has 2 nitrogen and oxygen atoms in total. The quantitative estimate of drug-likeness (QED) is 0.899. The van der Waals surface area contributed by atoms with E-state index >= 15 is 0 Å². The highest BCUT2D eigenvalue weighted by Crippen LogP contribution is 2.19. The minimum atomic E-state index is 0.483. The summed E-state index contributed by atoms with van der Waals surface area (Å²) in [5.74, 6) is 0.838. The predicted octanol–water partition coefficient (Wildman–Crippen LogP) is 3.38. The van der Waals surface area contributed by atoms with E-state index in [0.29, 0.717) is 13.2 Å². The molecule has 0 bridgehead atoms. The Morgan fingerprint density at radius 1 is 1.00 bits per heavy atom. The molecule has 0 fully saturated rings. The van der Waals surface area contributed by atoms with Crippen molar-refractivity contribution in [1.82, 2.24) is 0 Å². The molecule has 0 aromatic heterocycles. The molecule has 2 aromatic rings. The first-order valence-corrected chi connectivity index (χ1v) is 5.82. The Bertz CT molecular complexity index is 482. The van der Waals surface area contributed by atoms with Crippen molar-refractivity contribution in [1.29, 1.82) is 0 Å². The van der Waals surface area contributed by atoms with E-state index in [1.807, 2.05) is 48.5 Å². The van der Waals surface area contributed by atoms with Gasteiger partial charge in [-0.1, -0.05) is 41.9 Å². The molecule has 2 aromatic carbocycles. The molecule has 2 N–H and O–H groups in total. The van der Waals surface area contributed by atoms with E-state index in [1.165, 1.54) is 0 Å². The van der Waals surface area contributed by atoms with Crippen molar-refractivity contribution in [2.45, 2.75) is 13.2 Å². The Labute approximate surface area is 106 Å². The van der Waals surface area contributed by atoms with Crippen LogP contribution in [0.3, 0.4) is 0 Å². The van der Waals surface area contributed by atoms with Gasteiger partial charge in [0.2, 0.25) is 0 Å². The molecule has 0 unspecified atom stereocenters. The van der Waals surface area contributed by atoms with E-state index in [-0.39, 0.29) is 0 Å². The number of nitrogens with two attached hydrogens (primary N) is 1. The van der Waals surface area contributed by atoms with Crippen molar-refractivity contribution in [2.75, 3.05) is 0 Å². The minimum absolute atomic E-state index is 0.483. The first kappa shape index (κ1) is 12.0. The number of rotatable bonds is 4. The summed E-state index contributed by atoms with van der Waals surface area (Å²) in [6.07, 6.45) is 0. The Hall–Kier alpha value is -1.51. The molecule has 0 saturated carbocycles. The van der Waals surface area contributed by atoms with E-state index in [4.69, 9.17) is 22.1 Å². The van der Waals surface area contributed by atoms with Gasteiger partial charge in [0, 0.05) is 17.1 Å². The molecule has 0 atom stereocenters. The Morgan fingerprint density at radius 3 is 2.41 bits per heavy atom. The normalized spacial score (nSPS) is 10.2. The van der Waals surface area contributed by atoms with E-state index in [1.54, 1.807) is 0 Å². The number of ether oxygens (including phenoxy) is 1. The van der Waals surface area contributed by atoms with E-state index in [0.717, 1.165) is 21.9 Å². The van der Waals surface area contributed by atoms with Gasteiger partial charge in [-0.2, -0.15) is 0 Å². The van der Waals surface area contributed by atoms with Crippen LogP contribution in [0.4, 0.5) is 0 Å². The molecule has 2 rings (SSSR count). The summed E-state index contributed by atoms with van der Waals surface area (Å²) in [5, 5.41) is 0.733. The lowest BCUT2D eigenvalue weighted by Crippen LogP contribution is -2.02. The van der Waals surface area contributed by atoms with Crippen LogP contribution < -0.4 is 10.5 Å². The summed E-state index contributed by atoms with van der Waals surface area (Å²) in [6, 6.07) is 15.4. The summed E-state index contributed by atoms with van der Waals surface area (Å²) in [4.78, 5) is 0. The van der Waals surface area contributed by atoms with E-state index in [9.17, 15) is 0 Å². The van der Waals surface area contributed by atoms with Gasteiger partial charge in [-0.15, -0.1) is 0 Å².